The van der Waals surface area contributed by atoms with Gasteiger partial charge >= 0.3 is 5.97 Å². The summed E-state index contributed by atoms with van der Waals surface area (Å²) < 4.78 is 5.22. The molecule has 2 atom stereocenters. The molecule has 20 heavy (non-hydrogen) atoms. The van der Waals surface area contributed by atoms with Crippen LogP contribution in [-0.4, -0.2) is 30.1 Å². The molecule has 3 nitrogen and oxygen atoms in total. The number of hydrogen-bond acceptors (Lipinski definition) is 3. The highest BCUT2D eigenvalue weighted by Gasteiger charge is 2.31. The molecule has 0 fully saturated rings. The second kappa shape index (κ2) is 6.71. The molecule has 0 saturated carbocycles. The minimum Gasteiger partial charge on any atom is -0.465 e. The molecule has 2 rings (SSSR count). The molecule has 0 N–H and O–H groups in total. The zero-order chi connectivity index (χ0) is 14.5. The van der Waals surface area contributed by atoms with Crippen molar-refractivity contribution < 1.29 is 9.53 Å². The molecule has 0 aliphatic carbocycles. The van der Waals surface area contributed by atoms with Crippen molar-refractivity contribution in [1.82, 2.24) is 4.90 Å². The number of carbonyl (C=O) groups is 1. The van der Waals surface area contributed by atoms with Crippen molar-refractivity contribution in [3.05, 3.63) is 47.5 Å². The van der Waals surface area contributed by atoms with Crippen molar-refractivity contribution in [3.8, 4) is 0 Å². The summed E-state index contributed by atoms with van der Waals surface area (Å²) >= 11 is 0. The molecule has 3 heteroatoms. The third kappa shape index (κ3) is 3.28. The molecule has 108 valence electrons. The summed E-state index contributed by atoms with van der Waals surface area (Å²) in [7, 11) is 0. The van der Waals surface area contributed by atoms with E-state index in [1.807, 2.05) is 31.2 Å². The maximum Gasteiger partial charge on any atom is 0.327 e. The Labute approximate surface area is 121 Å². The fourth-order valence-electron chi connectivity index (χ4n) is 2.68. The Morgan fingerprint density at radius 1 is 1.40 bits per heavy atom. The zero-order valence-corrected chi connectivity index (χ0v) is 12.5. The molecule has 2 unspecified atom stereocenters. The third-order valence-corrected chi connectivity index (χ3v) is 3.87. The summed E-state index contributed by atoms with van der Waals surface area (Å²) in [6, 6.07) is 10.2. The highest BCUT2D eigenvalue weighted by atomic mass is 16.5. The molecule has 1 aliphatic rings. The Balaban J connectivity index is 2.22. The van der Waals surface area contributed by atoms with Gasteiger partial charge in [0.15, 0.2) is 0 Å². The van der Waals surface area contributed by atoms with Crippen LogP contribution in [0.2, 0.25) is 0 Å². The van der Waals surface area contributed by atoms with Crippen molar-refractivity contribution in [3.63, 3.8) is 0 Å². The van der Waals surface area contributed by atoms with E-state index in [1.54, 1.807) is 0 Å². The van der Waals surface area contributed by atoms with Gasteiger partial charge in [-0.25, -0.2) is 0 Å². The number of hydrogen-bond donors (Lipinski definition) is 0. The second-order valence-corrected chi connectivity index (χ2v) is 5.28. The van der Waals surface area contributed by atoms with E-state index in [2.05, 4.69) is 30.9 Å². The number of nitrogens with zero attached hydrogens (tertiary/aromatic N) is 1. The van der Waals surface area contributed by atoms with Crippen LogP contribution in [0.5, 0.6) is 0 Å². The first-order valence-corrected chi connectivity index (χ1v) is 7.28. The maximum absolute atomic E-state index is 12.2. The van der Waals surface area contributed by atoms with Crippen LogP contribution < -0.4 is 0 Å². The molecule has 1 heterocycles. The standard InChI is InChI=1S/C17H23NO2/c1-4-20-17(19)16-12-13(2)10-11-18(16)14(3)15-8-6-5-7-9-15/h5-9,12,14,16H,4,10-11H2,1-3H3. The highest BCUT2D eigenvalue weighted by molar-refractivity contribution is 5.78. The van der Waals surface area contributed by atoms with Crippen LogP contribution >= 0.6 is 0 Å². The third-order valence-electron chi connectivity index (χ3n) is 3.87. The van der Waals surface area contributed by atoms with E-state index in [1.165, 1.54) is 11.1 Å². The van der Waals surface area contributed by atoms with Crippen molar-refractivity contribution >= 4 is 5.97 Å². The quantitative estimate of drug-likeness (QED) is 0.622. The molecule has 0 amide bonds. The fourth-order valence-corrected chi connectivity index (χ4v) is 2.68. The first-order valence-electron chi connectivity index (χ1n) is 7.28. The van der Waals surface area contributed by atoms with E-state index in [0.717, 1.165) is 13.0 Å². The van der Waals surface area contributed by atoms with Crippen molar-refractivity contribution in [2.75, 3.05) is 13.2 Å². The minimum atomic E-state index is -0.265. The van der Waals surface area contributed by atoms with E-state index >= 15 is 0 Å². The Morgan fingerprint density at radius 3 is 2.75 bits per heavy atom. The number of ether oxygens (including phenoxy) is 1. The molecule has 1 aliphatic heterocycles. The Morgan fingerprint density at radius 2 is 2.10 bits per heavy atom. The summed E-state index contributed by atoms with van der Waals surface area (Å²) in [5.74, 6) is -0.144. The maximum atomic E-state index is 12.2. The summed E-state index contributed by atoms with van der Waals surface area (Å²) in [5.41, 5.74) is 2.49. The first kappa shape index (κ1) is 14.8. The van der Waals surface area contributed by atoms with Crippen LogP contribution in [0.25, 0.3) is 0 Å². The lowest BCUT2D eigenvalue weighted by Crippen LogP contribution is -2.45. The predicted molar refractivity (Wildman–Crippen MR) is 80.4 cm³/mol. The average molecular weight is 273 g/mol. The Bertz CT molecular complexity index is 481. The number of carbonyl (C=O) groups excluding carboxylic acids is 1. The topological polar surface area (TPSA) is 29.5 Å². The Hall–Kier alpha value is -1.61. The molecule has 1 aromatic rings. The van der Waals surface area contributed by atoms with E-state index in [9.17, 15) is 4.79 Å². The molecule has 0 bridgehead atoms. The van der Waals surface area contributed by atoms with Gasteiger partial charge in [0.1, 0.15) is 6.04 Å². The highest BCUT2D eigenvalue weighted by Crippen LogP contribution is 2.28. The molecule has 0 spiro atoms. The summed E-state index contributed by atoms with van der Waals surface area (Å²) in [4.78, 5) is 14.4. The van der Waals surface area contributed by atoms with E-state index in [0.29, 0.717) is 6.61 Å². The zero-order valence-electron chi connectivity index (χ0n) is 12.5. The van der Waals surface area contributed by atoms with Gasteiger partial charge < -0.3 is 4.74 Å². The van der Waals surface area contributed by atoms with Crippen molar-refractivity contribution in [1.29, 1.82) is 0 Å². The van der Waals surface area contributed by atoms with Crippen LogP contribution in [0.1, 0.15) is 38.8 Å². The van der Waals surface area contributed by atoms with Gasteiger partial charge in [0.05, 0.1) is 6.61 Å². The smallest absolute Gasteiger partial charge is 0.327 e. The van der Waals surface area contributed by atoms with Gasteiger partial charge in [0.25, 0.3) is 0 Å². The van der Waals surface area contributed by atoms with Crippen LogP contribution in [0.15, 0.2) is 42.0 Å². The molecular weight excluding hydrogens is 250 g/mol. The molecular formula is C17H23NO2. The molecule has 0 saturated heterocycles. The normalized spacial score (nSPS) is 21.1. The van der Waals surface area contributed by atoms with Crippen LogP contribution in [0.4, 0.5) is 0 Å². The van der Waals surface area contributed by atoms with Gasteiger partial charge in [-0.2, -0.15) is 0 Å². The molecule has 0 aromatic heterocycles. The minimum absolute atomic E-state index is 0.144. The largest absolute Gasteiger partial charge is 0.465 e. The SMILES string of the molecule is CCOC(=O)C1C=C(C)CCN1C(C)c1ccccc1. The lowest BCUT2D eigenvalue weighted by molar-refractivity contribution is -0.148. The van der Waals surface area contributed by atoms with Crippen molar-refractivity contribution in [2.24, 2.45) is 0 Å². The van der Waals surface area contributed by atoms with Gasteiger partial charge in [-0.05, 0) is 32.8 Å². The number of benzene rings is 1. The molecule has 1 aromatic carbocycles. The van der Waals surface area contributed by atoms with Gasteiger partial charge in [0.2, 0.25) is 0 Å². The van der Waals surface area contributed by atoms with Gasteiger partial charge in [0, 0.05) is 12.6 Å². The number of rotatable bonds is 4. The van der Waals surface area contributed by atoms with E-state index in [4.69, 9.17) is 4.74 Å². The lowest BCUT2D eigenvalue weighted by atomic mass is 9.98. The van der Waals surface area contributed by atoms with Crippen LogP contribution in [0, 0.1) is 0 Å². The predicted octanol–water partition coefficient (Wildman–Crippen LogP) is 3.33. The van der Waals surface area contributed by atoms with Gasteiger partial charge in [-0.3, -0.25) is 9.69 Å². The Kier molecular flexibility index (Phi) is 4.96. The van der Waals surface area contributed by atoms with Gasteiger partial charge in [-0.15, -0.1) is 0 Å². The monoisotopic (exact) mass is 273 g/mol. The summed E-state index contributed by atoms with van der Waals surface area (Å²) in [6.45, 7) is 7.40. The van der Waals surface area contributed by atoms with E-state index in [-0.39, 0.29) is 18.1 Å². The number of esters is 1. The first-order chi connectivity index (χ1) is 9.63. The van der Waals surface area contributed by atoms with Crippen LogP contribution in [0.3, 0.4) is 0 Å². The average Bonchev–Trinajstić information content (AvgIpc) is 2.47. The summed E-state index contributed by atoms with van der Waals surface area (Å²) in [6.07, 6.45) is 3.05. The van der Waals surface area contributed by atoms with Gasteiger partial charge in [-0.1, -0.05) is 42.0 Å². The second-order valence-electron chi connectivity index (χ2n) is 5.28. The molecule has 0 radical (unpaired) electrons. The van der Waals surface area contributed by atoms with Crippen molar-refractivity contribution in [2.45, 2.75) is 39.3 Å². The van der Waals surface area contributed by atoms with E-state index < -0.39 is 0 Å². The van der Waals surface area contributed by atoms with Crippen LogP contribution in [-0.2, 0) is 9.53 Å². The summed E-state index contributed by atoms with van der Waals surface area (Å²) in [5, 5.41) is 0. The lowest BCUT2D eigenvalue weighted by Gasteiger charge is -2.37. The fraction of sp³-hybridized carbons (Fsp3) is 0.471.